The van der Waals surface area contributed by atoms with Gasteiger partial charge in [-0.05, 0) is 11.6 Å². The number of hydrogen-bond donors (Lipinski definition) is 1. The molecule has 0 radical (unpaired) electrons. The summed E-state index contributed by atoms with van der Waals surface area (Å²) in [4.78, 5) is 23.6. The Morgan fingerprint density at radius 2 is 1.90 bits per heavy atom. The molecule has 2 N–H and O–H groups in total. The molecule has 0 atom stereocenters. The highest BCUT2D eigenvalue weighted by Gasteiger charge is 2.17. The number of nitrogens with two attached hydrogens (primary N) is 1. The summed E-state index contributed by atoms with van der Waals surface area (Å²) in [7, 11) is 1.81. The first-order chi connectivity index (χ1) is 9.99. The van der Waals surface area contributed by atoms with Crippen molar-refractivity contribution in [3.05, 3.63) is 69.8 Å². The molecule has 0 aromatic heterocycles. The molecule has 0 aliphatic carbocycles. The molecule has 2 aromatic rings. The third kappa shape index (κ3) is 3.36. The minimum absolute atomic E-state index is 0.141. The Balaban J connectivity index is 2.34. The quantitative estimate of drug-likeness (QED) is 0.674. The fourth-order valence-electron chi connectivity index (χ4n) is 2.11. The molecule has 108 valence electrons. The van der Waals surface area contributed by atoms with Crippen molar-refractivity contribution in [2.24, 2.45) is 5.73 Å². The largest absolute Gasteiger partial charge is 0.370 e. The van der Waals surface area contributed by atoms with Crippen LogP contribution in [0.5, 0.6) is 0 Å². The Morgan fingerprint density at radius 1 is 1.24 bits per heavy atom. The maximum Gasteiger partial charge on any atom is 0.270 e. The molecule has 0 fully saturated rings. The summed E-state index contributed by atoms with van der Waals surface area (Å²) in [6, 6.07) is 13.8. The average molecular weight is 285 g/mol. The summed E-state index contributed by atoms with van der Waals surface area (Å²) in [5.74, 6) is -0.686. The molecule has 1 amide bonds. The summed E-state index contributed by atoms with van der Waals surface area (Å²) in [5, 5.41) is 10.8. The second-order valence-corrected chi connectivity index (χ2v) is 4.66. The smallest absolute Gasteiger partial charge is 0.270 e. The van der Waals surface area contributed by atoms with E-state index in [1.165, 1.54) is 12.1 Å². The number of non-ortho nitro benzene ring substituents is 1. The number of nitrogens with zero attached hydrogens (tertiary/aromatic N) is 2. The molecule has 0 aliphatic rings. The minimum Gasteiger partial charge on any atom is -0.370 e. The highest BCUT2D eigenvalue weighted by molar-refractivity contribution is 5.99. The van der Waals surface area contributed by atoms with Crippen molar-refractivity contribution in [2.45, 2.75) is 6.54 Å². The molecule has 0 spiro atoms. The van der Waals surface area contributed by atoms with Gasteiger partial charge in [0.25, 0.3) is 11.6 Å². The van der Waals surface area contributed by atoms with E-state index in [4.69, 9.17) is 5.73 Å². The highest BCUT2D eigenvalue weighted by atomic mass is 16.6. The lowest BCUT2D eigenvalue weighted by molar-refractivity contribution is -0.384. The van der Waals surface area contributed by atoms with E-state index >= 15 is 0 Å². The number of hydrogen-bond acceptors (Lipinski definition) is 4. The van der Waals surface area contributed by atoms with E-state index in [0.717, 1.165) is 5.56 Å². The molecule has 21 heavy (non-hydrogen) atoms. The lowest BCUT2D eigenvalue weighted by Gasteiger charge is -2.21. The first-order valence-electron chi connectivity index (χ1n) is 6.32. The molecular weight excluding hydrogens is 270 g/mol. The van der Waals surface area contributed by atoms with Crippen LogP contribution in [0.15, 0.2) is 48.5 Å². The van der Waals surface area contributed by atoms with Gasteiger partial charge in [-0.1, -0.05) is 30.3 Å². The second-order valence-electron chi connectivity index (χ2n) is 4.66. The number of benzene rings is 2. The SMILES string of the molecule is CN(Cc1ccccc1)c1ccc([N+](=O)[O-])cc1C(N)=O. The summed E-state index contributed by atoms with van der Waals surface area (Å²) in [6.45, 7) is 0.568. The summed E-state index contributed by atoms with van der Waals surface area (Å²) >= 11 is 0. The summed E-state index contributed by atoms with van der Waals surface area (Å²) in [6.07, 6.45) is 0. The molecule has 2 rings (SSSR count). The number of nitro groups is 1. The molecular formula is C15H15N3O3. The van der Waals surface area contributed by atoms with Gasteiger partial charge < -0.3 is 10.6 Å². The van der Waals surface area contributed by atoms with Crippen LogP contribution in [0.25, 0.3) is 0 Å². The van der Waals surface area contributed by atoms with Crippen LogP contribution in [0.1, 0.15) is 15.9 Å². The van der Waals surface area contributed by atoms with Crippen molar-refractivity contribution in [1.29, 1.82) is 0 Å². The number of rotatable bonds is 5. The zero-order valence-corrected chi connectivity index (χ0v) is 11.5. The Labute approximate surface area is 121 Å². The number of carbonyl (C=O) groups is 1. The fraction of sp³-hybridized carbons (Fsp3) is 0.133. The van der Waals surface area contributed by atoms with E-state index in [0.29, 0.717) is 12.2 Å². The molecule has 0 bridgehead atoms. The van der Waals surface area contributed by atoms with Gasteiger partial charge in [-0.2, -0.15) is 0 Å². The molecule has 6 heteroatoms. The standard InChI is InChI=1S/C15H15N3O3/c1-17(10-11-5-3-2-4-6-11)14-8-7-12(18(20)21)9-13(14)15(16)19/h2-9H,10H2,1H3,(H2,16,19). The van der Waals surface area contributed by atoms with Crippen molar-refractivity contribution >= 4 is 17.3 Å². The van der Waals surface area contributed by atoms with Gasteiger partial charge in [0.15, 0.2) is 0 Å². The molecule has 6 nitrogen and oxygen atoms in total. The molecule has 0 aliphatic heterocycles. The van der Waals surface area contributed by atoms with Crippen LogP contribution in [0, 0.1) is 10.1 Å². The second kappa shape index (κ2) is 6.04. The highest BCUT2D eigenvalue weighted by Crippen LogP contribution is 2.25. The Kier molecular flexibility index (Phi) is 4.18. The van der Waals surface area contributed by atoms with Gasteiger partial charge in [0.1, 0.15) is 0 Å². The molecule has 0 saturated carbocycles. The van der Waals surface area contributed by atoms with Gasteiger partial charge in [0.2, 0.25) is 0 Å². The molecule has 0 saturated heterocycles. The third-order valence-electron chi connectivity index (χ3n) is 3.13. The lowest BCUT2D eigenvalue weighted by Crippen LogP contribution is -2.22. The topological polar surface area (TPSA) is 89.5 Å². The van der Waals surface area contributed by atoms with Gasteiger partial charge in [-0.25, -0.2) is 0 Å². The van der Waals surface area contributed by atoms with Crippen LogP contribution in [0.3, 0.4) is 0 Å². The number of nitro benzene ring substituents is 1. The van der Waals surface area contributed by atoms with E-state index in [9.17, 15) is 14.9 Å². The predicted octanol–water partition coefficient (Wildman–Crippen LogP) is 2.33. The first-order valence-corrected chi connectivity index (χ1v) is 6.32. The van der Waals surface area contributed by atoms with Crippen LogP contribution in [-0.4, -0.2) is 17.9 Å². The summed E-state index contributed by atoms with van der Waals surface area (Å²) < 4.78 is 0. The van der Waals surface area contributed by atoms with E-state index in [-0.39, 0.29) is 11.3 Å². The van der Waals surface area contributed by atoms with Crippen LogP contribution in [-0.2, 0) is 6.54 Å². The van der Waals surface area contributed by atoms with E-state index < -0.39 is 10.8 Å². The maximum absolute atomic E-state index is 11.5. The molecule has 0 heterocycles. The van der Waals surface area contributed by atoms with Crippen molar-refractivity contribution in [2.75, 3.05) is 11.9 Å². The van der Waals surface area contributed by atoms with Gasteiger partial charge in [0.05, 0.1) is 16.2 Å². The third-order valence-corrected chi connectivity index (χ3v) is 3.13. The van der Waals surface area contributed by atoms with Gasteiger partial charge in [0, 0.05) is 25.7 Å². The van der Waals surface area contributed by atoms with Crippen molar-refractivity contribution in [3.8, 4) is 0 Å². The molecule has 2 aromatic carbocycles. The van der Waals surface area contributed by atoms with Crippen molar-refractivity contribution in [3.63, 3.8) is 0 Å². The zero-order valence-electron chi connectivity index (χ0n) is 11.5. The number of amides is 1. The van der Waals surface area contributed by atoms with E-state index in [1.54, 1.807) is 13.1 Å². The van der Waals surface area contributed by atoms with Crippen molar-refractivity contribution < 1.29 is 9.72 Å². The zero-order chi connectivity index (χ0) is 15.4. The van der Waals surface area contributed by atoms with E-state index in [2.05, 4.69) is 0 Å². The van der Waals surface area contributed by atoms with Crippen LogP contribution >= 0.6 is 0 Å². The normalized spacial score (nSPS) is 10.1. The van der Waals surface area contributed by atoms with Gasteiger partial charge >= 0.3 is 0 Å². The monoisotopic (exact) mass is 285 g/mol. The predicted molar refractivity (Wildman–Crippen MR) is 80.2 cm³/mol. The van der Waals surface area contributed by atoms with Crippen LogP contribution < -0.4 is 10.6 Å². The summed E-state index contributed by atoms with van der Waals surface area (Å²) in [5.41, 5.74) is 6.95. The Bertz CT molecular complexity index is 671. The Morgan fingerprint density at radius 3 is 2.48 bits per heavy atom. The number of primary amides is 1. The average Bonchev–Trinajstić information content (AvgIpc) is 2.47. The number of anilines is 1. The molecule has 0 unspecified atom stereocenters. The fourth-order valence-corrected chi connectivity index (χ4v) is 2.11. The minimum atomic E-state index is -0.686. The Hall–Kier alpha value is -2.89. The number of carbonyl (C=O) groups excluding carboxylic acids is 1. The van der Waals surface area contributed by atoms with E-state index in [1.807, 2.05) is 35.2 Å². The van der Waals surface area contributed by atoms with Crippen molar-refractivity contribution in [1.82, 2.24) is 0 Å². The van der Waals surface area contributed by atoms with Crippen LogP contribution in [0.2, 0.25) is 0 Å². The maximum atomic E-state index is 11.5. The lowest BCUT2D eigenvalue weighted by atomic mass is 10.1. The van der Waals surface area contributed by atoms with Gasteiger partial charge in [-0.15, -0.1) is 0 Å². The first kappa shape index (κ1) is 14.5. The van der Waals surface area contributed by atoms with Crippen LogP contribution in [0.4, 0.5) is 11.4 Å². The van der Waals surface area contributed by atoms with Gasteiger partial charge in [-0.3, -0.25) is 14.9 Å².